The molecule has 4 aliphatic carbocycles. The fourth-order valence-electron chi connectivity index (χ4n) is 8.63. The van der Waals surface area contributed by atoms with Crippen LogP contribution in [0.3, 0.4) is 0 Å². The minimum Gasteiger partial charge on any atom is -0.380 e. The second kappa shape index (κ2) is 16.4. The summed E-state index contributed by atoms with van der Waals surface area (Å²) in [6.07, 6.45) is 5.99. The molecule has 13 heteroatoms. The first-order valence-electron chi connectivity index (χ1n) is 17.7. The van der Waals surface area contributed by atoms with Crippen LogP contribution in [0.2, 0.25) is 0 Å². The van der Waals surface area contributed by atoms with Gasteiger partial charge in [-0.3, -0.25) is 9.79 Å². The molecule has 5 N–H and O–H groups in total. The number of aliphatic imine (C=N–C) groups is 1. The van der Waals surface area contributed by atoms with Gasteiger partial charge < -0.3 is 26.1 Å². The Morgan fingerprint density at radius 1 is 1.11 bits per heavy atom. The van der Waals surface area contributed by atoms with Crippen molar-refractivity contribution in [1.82, 2.24) is 14.9 Å². The van der Waals surface area contributed by atoms with E-state index in [9.17, 15) is 9.18 Å². The third-order valence-corrected chi connectivity index (χ3v) is 13.0. The Hall–Kier alpha value is -1.66. The van der Waals surface area contributed by atoms with Crippen LogP contribution in [0.1, 0.15) is 108 Å². The number of imidazole rings is 1. The molecule has 6 unspecified atom stereocenters. The lowest BCUT2D eigenvalue weighted by Gasteiger charge is -2.46. The highest BCUT2D eigenvalue weighted by atomic mass is 35.5. The first-order chi connectivity index (χ1) is 22.5. The van der Waals surface area contributed by atoms with Crippen LogP contribution in [0.4, 0.5) is 13.2 Å². The Labute approximate surface area is 287 Å². The number of carbonyl (C=O) groups excluding carboxylic acids is 1. The van der Waals surface area contributed by atoms with Crippen LogP contribution in [0.15, 0.2) is 10.1 Å². The monoisotopic (exact) mass is 702 g/mol. The van der Waals surface area contributed by atoms with Crippen molar-refractivity contribution >= 4 is 35.2 Å². The lowest BCUT2D eigenvalue weighted by molar-refractivity contribution is -0.128. The second-order valence-electron chi connectivity index (χ2n) is 14.5. The minimum atomic E-state index is -1.43. The number of carbonyl (C=O) groups is 1. The van der Waals surface area contributed by atoms with E-state index in [0.717, 1.165) is 62.2 Å². The van der Waals surface area contributed by atoms with Crippen LogP contribution in [0, 0.1) is 17.8 Å². The number of unbranched alkanes of at least 4 members (excludes halogenated alkanes) is 1. The summed E-state index contributed by atoms with van der Waals surface area (Å²) in [5, 5.41) is 3.64. The first-order valence-corrected chi connectivity index (χ1v) is 19.1. The zero-order valence-electron chi connectivity index (χ0n) is 27.9. The molecule has 0 aromatic carbocycles. The maximum atomic E-state index is 15.6. The van der Waals surface area contributed by atoms with Crippen LogP contribution in [-0.2, 0) is 21.4 Å². The van der Waals surface area contributed by atoms with E-state index >= 15 is 8.78 Å². The third-order valence-electron chi connectivity index (χ3n) is 11.4. The number of aryl methyl sites for hydroxylation is 1. The topological polar surface area (TPSA) is 121 Å². The molecule has 1 amide bonds. The summed E-state index contributed by atoms with van der Waals surface area (Å²) in [4.78, 5) is 21.8. The van der Waals surface area contributed by atoms with Gasteiger partial charge in [0.05, 0.1) is 17.2 Å². The Kier molecular flexibility index (Phi) is 12.7. The SMILES string of the molecule is COC1CC(C2(C)CCCc3nc(SCC4C(F)CC(C(=O)NCCCCN=C(N)N)CC4F)n(C4CCC(F)CC4)c32)CCC1Cl. The number of aromatic nitrogens is 2. The standard InChI is InChI=1S/C34H54ClF3N6O2S/c1-34(21-7-12-25(35)29(18-21)46-2)13-5-6-28-30(34)44(23-10-8-22(36)9-11-23)33(43-28)47-19-24-26(37)16-20(17-27(24)38)31(45)41-14-3-4-15-42-32(39)40/h20-27,29H,3-19H2,1-2H3,(H,41,45)(H4,39,40,42). The molecule has 0 radical (unpaired) electrons. The molecule has 6 atom stereocenters. The zero-order valence-corrected chi connectivity index (χ0v) is 29.5. The average Bonchev–Trinajstić information content (AvgIpc) is 3.42. The normalized spacial score (nSPS) is 36.0. The van der Waals surface area contributed by atoms with Gasteiger partial charge in [-0.15, -0.1) is 11.6 Å². The highest BCUT2D eigenvalue weighted by Gasteiger charge is 2.48. The number of alkyl halides is 4. The van der Waals surface area contributed by atoms with Gasteiger partial charge in [0, 0.05) is 54.9 Å². The molecule has 266 valence electrons. The number of amides is 1. The van der Waals surface area contributed by atoms with Gasteiger partial charge in [0.2, 0.25) is 5.91 Å². The van der Waals surface area contributed by atoms with Crippen LogP contribution in [0.5, 0.6) is 0 Å². The molecule has 0 bridgehead atoms. The summed E-state index contributed by atoms with van der Waals surface area (Å²) in [5.41, 5.74) is 12.8. The summed E-state index contributed by atoms with van der Waals surface area (Å²) >= 11 is 8.08. The largest absolute Gasteiger partial charge is 0.380 e. The number of fused-ring (bicyclic) bond motifs is 1. The van der Waals surface area contributed by atoms with Gasteiger partial charge in [-0.2, -0.15) is 0 Å². The number of hydrogen-bond acceptors (Lipinski definition) is 5. The number of hydrogen-bond donors (Lipinski definition) is 3. The number of methoxy groups -OCH3 is 1. The second-order valence-corrected chi connectivity index (χ2v) is 16.1. The molecule has 3 saturated carbocycles. The lowest BCUT2D eigenvalue weighted by atomic mass is 9.62. The summed E-state index contributed by atoms with van der Waals surface area (Å²) in [7, 11) is 1.74. The summed E-state index contributed by atoms with van der Waals surface area (Å²) < 4.78 is 53.7. The lowest BCUT2D eigenvalue weighted by Crippen LogP contribution is -2.44. The molecule has 1 aromatic heterocycles. The van der Waals surface area contributed by atoms with E-state index in [2.05, 4.69) is 21.8 Å². The summed E-state index contributed by atoms with van der Waals surface area (Å²) in [6, 6.07) is 0.113. The Balaban J connectivity index is 1.28. The van der Waals surface area contributed by atoms with Crippen LogP contribution >= 0.6 is 23.4 Å². The highest BCUT2D eigenvalue weighted by molar-refractivity contribution is 7.99. The van der Waals surface area contributed by atoms with E-state index in [1.165, 1.54) is 17.5 Å². The van der Waals surface area contributed by atoms with Gasteiger partial charge >= 0.3 is 0 Å². The van der Waals surface area contributed by atoms with Crippen molar-refractivity contribution in [3.05, 3.63) is 11.4 Å². The maximum absolute atomic E-state index is 15.6. The van der Waals surface area contributed by atoms with E-state index in [1.54, 1.807) is 7.11 Å². The zero-order chi connectivity index (χ0) is 33.7. The molecular formula is C34H54ClF3N6O2S. The average molecular weight is 703 g/mol. The molecule has 0 aliphatic heterocycles. The number of guanidine groups is 1. The smallest absolute Gasteiger partial charge is 0.223 e. The molecule has 0 saturated heterocycles. The molecular weight excluding hydrogens is 649 g/mol. The van der Waals surface area contributed by atoms with Crippen molar-refractivity contribution in [3.63, 3.8) is 0 Å². The number of nitrogens with zero attached hydrogens (tertiary/aromatic N) is 3. The molecule has 3 fully saturated rings. The van der Waals surface area contributed by atoms with Crippen molar-refractivity contribution in [2.24, 2.45) is 34.2 Å². The van der Waals surface area contributed by atoms with Gasteiger partial charge in [-0.25, -0.2) is 18.2 Å². The number of halogens is 4. The molecule has 0 spiro atoms. The first kappa shape index (κ1) is 36.6. The Bertz CT molecular complexity index is 1220. The van der Waals surface area contributed by atoms with Crippen molar-refractivity contribution in [2.75, 3.05) is 26.0 Å². The van der Waals surface area contributed by atoms with Crippen molar-refractivity contribution in [3.8, 4) is 0 Å². The van der Waals surface area contributed by atoms with Crippen LogP contribution < -0.4 is 16.8 Å². The van der Waals surface area contributed by atoms with E-state index in [1.807, 2.05) is 0 Å². The molecule has 5 rings (SSSR count). The van der Waals surface area contributed by atoms with Crippen molar-refractivity contribution in [2.45, 2.75) is 143 Å². The van der Waals surface area contributed by atoms with Gasteiger partial charge in [0.25, 0.3) is 0 Å². The van der Waals surface area contributed by atoms with Gasteiger partial charge in [0.15, 0.2) is 11.1 Å². The van der Waals surface area contributed by atoms with E-state index in [-0.39, 0.29) is 53.4 Å². The Morgan fingerprint density at radius 2 is 1.83 bits per heavy atom. The van der Waals surface area contributed by atoms with Gasteiger partial charge in [0.1, 0.15) is 18.5 Å². The number of rotatable bonds is 12. The van der Waals surface area contributed by atoms with Crippen LogP contribution in [-0.4, -0.2) is 77.4 Å². The number of nitrogens with one attached hydrogen (secondary N) is 1. The van der Waals surface area contributed by atoms with E-state index < -0.39 is 30.4 Å². The van der Waals surface area contributed by atoms with Gasteiger partial charge in [-0.1, -0.05) is 18.7 Å². The summed E-state index contributed by atoms with van der Waals surface area (Å²) in [5.74, 6) is -1.16. The van der Waals surface area contributed by atoms with Crippen molar-refractivity contribution in [1.29, 1.82) is 0 Å². The highest BCUT2D eigenvalue weighted by Crippen LogP contribution is 2.52. The molecule has 47 heavy (non-hydrogen) atoms. The predicted molar refractivity (Wildman–Crippen MR) is 182 cm³/mol. The van der Waals surface area contributed by atoms with Crippen molar-refractivity contribution < 1.29 is 22.7 Å². The quantitative estimate of drug-likeness (QED) is 0.0772. The number of nitrogens with two attached hydrogens (primary N) is 2. The molecule has 1 heterocycles. The molecule has 1 aromatic rings. The number of thioether (sulfide) groups is 1. The van der Waals surface area contributed by atoms with Crippen LogP contribution in [0.25, 0.3) is 0 Å². The van der Waals surface area contributed by atoms with E-state index in [0.29, 0.717) is 44.7 Å². The molecule has 8 nitrogen and oxygen atoms in total. The van der Waals surface area contributed by atoms with E-state index in [4.69, 9.17) is 32.8 Å². The van der Waals surface area contributed by atoms with Gasteiger partial charge in [-0.05, 0) is 95.8 Å². The summed E-state index contributed by atoms with van der Waals surface area (Å²) in [6.45, 7) is 3.25. The maximum Gasteiger partial charge on any atom is 0.223 e. The minimum absolute atomic E-state index is 0.000851. The Morgan fingerprint density at radius 3 is 2.51 bits per heavy atom. The number of ether oxygens (including phenoxy) is 1. The molecule has 4 aliphatic rings. The predicted octanol–water partition coefficient (Wildman–Crippen LogP) is 6.32. The fourth-order valence-corrected chi connectivity index (χ4v) is 10.3. The third kappa shape index (κ3) is 8.56. The fraction of sp³-hybridized carbons (Fsp3) is 0.853.